The number of carboxylic acids is 1. The molecular formula is C19H19NO5. The van der Waals surface area contributed by atoms with E-state index >= 15 is 0 Å². The van der Waals surface area contributed by atoms with Crippen LogP contribution in [-0.4, -0.2) is 42.9 Å². The summed E-state index contributed by atoms with van der Waals surface area (Å²) in [5.74, 6) is -2.65. The second-order valence-electron chi connectivity index (χ2n) is 6.04. The van der Waals surface area contributed by atoms with Crippen molar-refractivity contribution in [2.75, 3.05) is 20.3 Å². The Morgan fingerprint density at radius 1 is 1.08 bits per heavy atom. The minimum absolute atomic E-state index is 0.0167. The third-order valence-electron chi connectivity index (χ3n) is 4.46. The number of methoxy groups -OCH3 is 1. The molecule has 3 rings (SSSR count). The normalized spacial score (nSPS) is 15.1. The van der Waals surface area contributed by atoms with Crippen molar-refractivity contribution in [1.82, 2.24) is 0 Å². The number of esters is 1. The van der Waals surface area contributed by atoms with Gasteiger partial charge in [-0.25, -0.2) is 9.59 Å². The molecule has 25 heavy (non-hydrogen) atoms. The lowest BCUT2D eigenvalue weighted by Gasteiger charge is -2.23. The molecule has 0 radical (unpaired) electrons. The maximum atomic E-state index is 12.3. The van der Waals surface area contributed by atoms with E-state index in [0.717, 1.165) is 22.3 Å². The average molecular weight is 341 g/mol. The van der Waals surface area contributed by atoms with Crippen LogP contribution in [0.15, 0.2) is 48.5 Å². The van der Waals surface area contributed by atoms with Crippen molar-refractivity contribution in [3.8, 4) is 11.1 Å². The minimum atomic E-state index is -2.22. The van der Waals surface area contributed by atoms with Crippen LogP contribution in [0.3, 0.4) is 0 Å². The average Bonchev–Trinajstić information content (AvgIpc) is 2.93. The predicted molar refractivity (Wildman–Crippen MR) is 91.1 cm³/mol. The summed E-state index contributed by atoms with van der Waals surface area (Å²) < 4.78 is 10.1. The van der Waals surface area contributed by atoms with Crippen LogP contribution in [-0.2, 0) is 19.1 Å². The van der Waals surface area contributed by atoms with Gasteiger partial charge < -0.3 is 20.3 Å². The van der Waals surface area contributed by atoms with Gasteiger partial charge >= 0.3 is 11.9 Å². The lowest BCUT2D eigenvalue weighted by atomic mass is 9.97. The number of carboxylic acid groups (broad SMARTS) is 1. The number of ether oxygens (including phenoxy) is 2. The maximum Gasteiger partial charge on any atom is 0.340 e. The molecule has 1 aliphatic carbocycles. The molecule has 0 heterocycles. The van der Waals surface area contributed by atoms with E-state index in [2.05, 4.69) is 0 Å². The summed E-state index contributed by atoms with van der Waals surface area (Å²) in [4.78, 5) is 23.6. The van der Waals surface area contributed by atoms with Gasteiger partial charge in [0.2, 0.25) is 5.54 Å². The number of benzene rings is 2. The fourth-order valence-corrected chi connectivity index (χ4v) is 3.16. The zero-order valence-electron chi connectivity index (χ0n) is 13.8. The first-order chi connectivity index (χ1) is 12.0. The Labute approximate surface area is 145 Å². The van der Waals surface area contributed by atoms with Gasteiger partial charge in [-0.15, -0.1) is 0 Å². The van der Waals surface area contributed by atoms with Gasteiger partial charge in [-0.05, 0) is 22.3 Å². The van der Waals surface area contributed by atoms with Crippen molar-refractivity contribution in [2.45, 2.75) is 11.5 Å². The van der Waals surface area contributed by atoms with Crippen LogP contribution in [0.4, 0.5) is 0 Å². The van der Waals surface area contributed by atoms with Crippen LogP contribution in [0.5, 0.6) is 0 Å². The highest BCUT2D eigenvalue weighted by molar-refractivity contribution is 6.04. The van der Waals surface area contributed by atoms with Crippen LogP contribution in [0, 0.1) is 0 Å². The Bertz CT molecular complexity index is 773. The maximum absolute atomic E-state index is 12.3. The Morgan fingerprint density at radius 3 is 2.08 bits per heavy atom. The summed E-state index contributed by atoms with van der Waals surface area (Å²) in [6.45, 7) is -0.443. The number of nitrogens with two attached hydrogens (primary N) is 1. The Balaban J connectivity index is 1.84. The van der Waals surface area contributed by atoms with Gasteiger partial charge in [0.05, 0.1) is 6.61 Å². The monoisotopic (exact) mass is 341 g/mol. The topological polar surface area (TPSA) is 98.9 Å². The number of carbonyl (C=O) groups is 2. The smallest absolute Gasteiger partial charge is 0.340 e. The number of hydrogen-bond acceptors (Lipinski definition) is 5. The van der Waals surface area contributed by atoms with Crippen LogP contribution in [0.25, 0.3) is 11.1 Å². The molecular weight excluding hydrogens is 322 g/mol. The quantitative estimate of drug-likeness (QED) is 0.614. The molecule has 1 aliphatic rings. The second-order valence-corrected chi connectivity index (χ2v) is 6.04. The molecule has 0 aliphatic heterocycles. The number of hydrogen-bond donors (Lipinski definition) is 2. The van der Waals surface area contributed by atoms with Crippen molar-refractivity contribution in [1.29, 1.82) is 0 Å². The van der Waals surface area contributed by atoms with Gasteiger partial charge in [0.1, 0.15) is 6.61 Å². The van der Waals surface area contributed by atoms with E-state index in [1.807, 2.05) is 48.5 Å². The summed E-state index contributed by atoms with van der Waals surface area (Å²) in [7, 11) is 1.28. The Hall–Kier alpha value is -2.70. The SMILES string of the molecule is COC[C@](N)(C(=O)O)C(=O)OCC1c2ccccc2-c2ccccc21. The molecule has 0 unspecified atom stereocenters. The summed E-state index contributed by atoms with van der Waals surface area (Å²) >= 11 is 0. The molecule has 2 aromatic rings. The summed E-state index contributed by atoms with van der Waals surface area (Å²) in [5.41, 5.74) is 7.72. The molecule has 0 saturated heterocycles. The van der Waals surface area contributed by atoms with Crippen molar-refractivity contribution in [3.05, 3.63) is 59.7 Å². The first-order valence-electron chi connectivity index (χ1n) is 7.85. The number of aliphatic carboxylic acids is 1. The standard InChI is InChI=1S/C19H19NO5/c1-24-11-19(20,17(21)22)18(23)25-10-16-14-8-4-2-6-12(14)13-7-3-5-9-15(13)16/h2-9,16H,10-11,20H2,1H3,(H,21,22)/t19-/m0/s1. The summed E-state index contributed by atoms with van der Waals surface area (Å²) in [6.07, 6.45) is 0. The molecule has 6 heteroatoms. The van der Waals surface area contributed by atoms with Gasteiger partial charge in [0.15, 0.2) is 0 Å². The fraction of sp³-hybridized carbons (Fsp3) is 0.263. The molecule has 3 N–H and O–H groups in total. The van der Waals surface area contributed by atoms with Gasteiger partial charge in [-0.2, -0.15) is 0 Å². The number of fused-ring (bicyclic) bond motifs is 3. The predicted octanol–water partition coefficient (Wildman–Crippen LogP) is 1.77. The molecule has 1 atom stereocenters. The van der Waals surface area contributed by atoms with Gasteiger partial charge in [0.25, 0.3) is 0 Å². The van der Waals surface area contributed by atoms with E-state index < -0.39 is 24.1 Å². The van der Waals surface area contributed by atoms with Crippen molar-refractivity contribution in [3.63, 3.8) is 0 Å². The molecule has 0 fully saturated rings. The molecule has 0 aromatic heterocycles. The number of rotatable bonds is 6. The third-order valence-corrected chi connectivity index (χ3v) is 4.46. The van der Waals surface area contributed by atoms with E-state index in [1.54, 1.807) is 0 Å². The highest BCUT2D eigenvalue weighted by Crippen LogP contribution is 2.44. The molecule has 130 valence electrons. The third kappa shape index (κ3) is 2.90. The van der Waals surface area contributed by atoms with Gasteiger partial charge in [0, 0.05) is 13.0 Å². The summed E-state index contributed by atoms with van der Waals surface area (Å²) in [5, 5.41) is 9.24. The second kappa shape index (κ2) is 6.66. The lowest BCUT2D eigenvalue weighted by molar-refractivity contribution is -0.164. The van der Waals surface area contributed by atoms with Gasteiger partial charge in [-0.1, -0.05) is 48.5 Å². The first-order valence-corrected chi connectivity index (χ1v) is 7.85. The molecule has 6 nitrogen and oxygen atoms in total. The van der Waals surface area contributed by atoms with E-state index in [9.17, 15) is 14.7 Å². The zero-order chi connectivity index (χ0) is 18.0. The molecule has 0 bridgehead atoms. The molecule has 0 amide bonds. The molecule has 0 saturated carbocycles. The van der Waals surface area contributed by atoms with Crippen LogP contribution in [0.1, 0.15) is 17.0 Å². The molecule has 0 spiro atoms. The van der Waals surface area contributed by atoms with E-state index in [-0.39, 0.29) is 12.5 Å². The van der Waals surface area contributed by atoms with E-state index in [0.29, 0.717) is 0 Å². The Kier molecular flexibility index (Phi) is 4.57. The van der Waals surface area contributed by atoms with Crippen molar-refractivity contribution in [2.24, 2.45) is 5.73 Å². The van der Waals surface area contributed by atoms with E-state index in [1.165, 1.54) is 7.11 Å². The van der Waals surface area contributed by atoms with Crippen LogP contribution < -0.4 is 5.73 Å². The highest BCUT2D eigenvalue weighted by atomic mass is 16.5. The van der Waals surface area contributed by atoms with Crippen LogP contribution in [0.2, 0.25) is 0 Å². The fourth-order valence-electron chi connectivity index (χ4n) is 3.16. The minimum Gasteiger partial charge on any atom is -0.479 e. The largest absolute Gasteiger partial charge is 0.479 e. The Morgan fingerprint density at radius 2 is 1.60 bits per heavy atom. The van der Waals surface area contributed by atoms with Gasteiger partial charge in [-0.3, -0.25) is 0 Å². The van der Waals surface area contributed by atoms with Crippen molar-refractivity contribution >= 4 is 11.9 Å². The van der Waals surface area contributed by atoms with Crippen molar-refractivity contribution < 1.29 is 24.2 Å². The van der Waals surface area contributed by atoms with Crippen LogP contribution >= 0.6 is 0 Å². The summed E-state index contributed by atoms with van der Waals surface area (Å²) in [6, 6.07) is 15.8. The number of carbonyl (C=O) groups excluding carboxylic acids is 1. The molecule has 2 aromatic carbocycles. The van der Waals surface area contributed by atoms with E-state index in [4.69, 9.17) is 15.2 Å². The lowest BCUT2D eigenvalue weighted by Crippen LogP contribution is -2.59. The zero-order valence-corrected chi connectivity index (χ0v) is 13.8. The first kappa shape index (κ1) is 17.1. The highest BCUT2D eigenvalue weighted by Gasteiger charge is 2.45.